The van der Waals surface area contributed by atoms with E-state index in [0.717, 1.165) is 12.6 Å². The molecule has 0 bridgehead atoms. The lowest BCUT2D eigenvalue weighted by Crippen LogP contribution is -2.38. The van der Waals surface area contributed by atoms with E-state index in [1.54, 1.807) is 0 Å². The highest BCUT2D eigenvalue weighted by atomic mass is 15.1. The fraction of sp³-hybridized carbons (Fsp3) is 0.474. The molecule has 2 aromatic rings. The van der Waals surface area contributed by atoms with Crippen LogP contribution < -0.4 is 5.73 Å². The standard InChI is InChI=1S/C19H26N2/c1-21(18-9-3-2-4-10-18)14-19(20)17-12-11-15-7-5-6-8-16(15)13-17/h5-8,11-13,18-19H,2-4,9-10,14,20H2,1H3. The van der Waals surface area contributed by atoms with E-state index >= 15 is 0 Å². The number of hydrogen-bond acceptors (Lipinski definition) is 2. The van der Waals surface area contributed by atoms with Gasteiger partial charge in [0.25, 0.3) is 0 Å². The maximum Gasteiger partial charge on any atom is 0.0424 e. The van der Waals surface area contributed by atoms with Crippen molar-refractivity contribution in [3.8, 4) is 0 Å². The predicted octanol–water partition coefficient (Wildman–Crippen LogP) is 4.10. The molecule has 0 amide bonds. The average molecular weight is 282 g/mol. The summed E-state index contributed by atoms with van der Waals surface area (Å²) in [5.74, 6) is 0. The van der Waals surface area contributed by atoms with Crippen molar-refractivity contribution in [2.24, 2.45) is 5.73 Å². The largest absolute Gasteiger partial charge is 0.323 e. The molecule has 2 aromatic carbocycles. The molecule has 0 saturated heterocycles. The van der Waals surface area contributed by atoms with Crippen LogP contribution in [0.1, 0.15) is 43.7 Å². The Morgan fingerprint density at radius 1 is 1.05 bits per heavy atom. The van der Waals surface area contributed by atoms with E-state index in [1.165, 1.54) is 48.4 Å². The van der Waals surface area contributed by atoms with Crippen molar-refractivity contribution in [3.05, 3.63) is 48.0 Å². The van der Waals surface area contributed by atoms with E-state index in [9.17, 15) is 0 Å². The lowest BCUT2D eigenvalue weighted by atomic mass is 9.94. The molecule has 1 aliphatic rings. The first-order valence-electron chi connectivity index (χ1n) is 8.18. The van der Waals surface area contributed by atoms with Gasteiger partial charge in [0.05, 0.1) is 0 Å². The smallest absolute Gasteiger partial charge is 0.0424 e. The summed E-state index contributed by atoms with van der Waals surface area (Å²) in [5.41, 5.74) is 7.70. The minimum absolute atomic E-state index is 0.0986. The maximum atomic E-state index is 6.45. The van der Waals surface area contributed by atoms with Gasteiger partial charge in [-0.2, -0.15) is 0 Å². The Bertz CT molecular complexity index is 587. The van der Waals surface area contributed by atoms with Crippen molar-refractivity contribution < 1.29 is 0 Å². The summed E-state index contributed by atoms with van der Waals surface area (Å²) < 4.78 is 0. The first-order chi connectivity index (χ1) is 10.2. The Morgan fingerprint density at radius 3 is 2.52 bits per heavy atom. The molecule has 112 valence electrons. The fourth-order valence-corrected chi connectivity index (χ4v) is 3.52. The predicted molar refractivity (Wildman–Crippen MR) is 90.4 cm³/mol. The van der Waals surface area contributed by atoms with E-state index in [-0.39, 0.29) is 6.04 Å². The van der Waals surface area contributed by atoms with Crippen LogP contribution in [0.25, 0.3) is 10.8 Å². The SMILES string of the molecule is CN(CC(N)c1ccc2ccccc2c1)C1CCCCC1. The van der Waals surface area contributed by atoms with Crippen LogP contribution in [0.15, 0.2) is 42.5 Å². The number of benzene rings is 2. The van der Waals surface area contributed by atoms with Gasteiger partial charge in [0.1, 0.15) is 0 Å². The molecule has 2 nitrogen and oxygen atoms in total. The van der Waals surface area contributed by atoms with Gasteiger partial charge in [0.15, 0.2) is 0 Å². The molecule has 0 aliphatic heterocycles. The van der Waals surface area contributed by atoms with Crippen molar-refractivity contribution in [3.63, 3.8) is 0 Å². The molecule has 1 fully saturated rings. The molecular weight excluding hydrogens is 256 g/mol. The summed E-state index contributed by atoms with van der Waals surface area (Å²) in [7, 11) is 2.23. The maximum absolute atomic E-state index is 6.45. The summed E-state index contributed by atoms with van der Waals surface area (Å²) in [4.78, 5) is 2.47. The molecule has 2 heteroatoms. The van der Waals surface area contributed by atoms with Gasteiger partial charge >= 0.3 is 0 Å². The van der Waals surface area contributed by atoms with Crippen LogP contribution in [0.5, 0.6) is 0 Å². The van der Waals surface area contributed by atoms with Crippen molar-refractivity contribution >= 4 is 10.8 Å². The second-order valence-corrected chi connectivity index (χ2v) is 6.44. The molecular formula is C19H26N2. The highest BCUT2D eigenvalue weighted by Crippen LogP contribution is 2.24. The zero-order chi connectivity index (χ0) is 14.7. The van der Waals surface area contributed by atoms with Crippen molar-refractivity contribution in [1.82, 2.24) is 4.90 Å². The topological polar surface area (TPSA) is 29.3 Å². The molecule has 21 heavy (non-hydrogen) atoms. The van der Waals surface area contributed by atoms with Gasteiger partial charge in [-0.3, -0.25) is 0 Å². The Morgan fingerprint density at radius 2 is 1.76 bits per heavy atom. The minimum atomic E-state index is 0.0986. The lowest BCUT2D eigenvalue weighted by Gasteiger charge is -2.33. The van der Waals surface area contributed by atoms with Crippen LogP contribution in [0.3, 0.4) is 0 Å². The first kappa shape index (κ1) is 14.6. The van der Waals surface area contributed by atoms with Gasteiger partial charge < -0.3 is 10.6 Å². The molecule has 1 unspecified atom stereocenters. The van der Waals surface area contributed by atoms with Crippen molar-refractivity contribution in [1.29, 1.82) is 0 Å². The summed E-state index contributed by atoms with van der Waals surface area (Å²) in [6, 6.07) is 15.9. The molecule has 0 radical (unpaired) electrons. The van der Waals surface area contributed by atoms with Crippen LogP contribution in [-0.2, 0) is 0 Å². The molecule has 1 saturated carbocycles. The van der Waals surface area contributed by atoms with Gasteiger partial charge in [-0.25, -0.2) is 0 Å². The van der Waals surface area contributed by atoms with Gasteiger partial charge in [-0.15, -0.1) is 0 Å². The first-order valence-corrected chi connectivity index (χ1v) is 8.18. The van der Waals surface area contributed by atoms with Gasteiger partial charge in [0, 0.05) is 18.6 Å². The summed E-state index contributed by atoms with van der Waals surface area (Å²) in [5, 5.41) is 2.57. The fourth-order valence-electron chi connectivity index (χ4n) is 3.52. The lowest BCUT2D eigenvalue weighted by molar-refractivity contribution is 0.182. The third-order valence-corrected chi connectivity index (χ3v) is 4.88. The molecule has 2 N–H and O–H groups in total. The number of nitrogens with zero attached hydrogens (tertiary/aromatic N) is 1. The molecule has 0 aromatic heterocycles. The van der Waals surface area contributed by atoms with E-state index in [2.05, 4.69) is 54.4 Å². The van der Waals surface area contributed by atoms with Crippen LogP contribution >= 0.6 is 0 Å². The zero-order valence-corrected chi connectivity index (χ0v) is 13.0. The monoisotopic (exact) mass is 282 g/mol. The number of nitrogens with two attached hydrogens (primary N) is 1. The Hall–Kier alpha value is -1.38. The minimum Gasteiger partial charge on any atom is -0.323 e. The number of fused-ring (bicyclic) bond motifs is 1. The zero-order valence-electron chi connectivity index (χ0n) is 13.0. The van der Waals surface area contributed by atoms with Crippen LogP contribution in [-0.4, -0.2) is 24.5 Å². The third kappa shape index (κ3) is 3.45. The number of likely N-dealkylation sites (N-methyl/N-ethyl adjacent to an activating group) is 1. The summed E-state index contributed by atoms with van der Waals surface area (Å²) in [6.45, 7) is 0.947. The highest BCUT2D eigenvalue weighted by Gasteiger charge is 2.20. The van der Waals surface area contributed by atoms with E-state index in [0.29, 0.717) is 0 Å². The number of rotatable bonds is 4. The molecule has 1 atom stereocenters. The van der Waals surface area contributed by atoms with E-state index in [4.69, 9.17) is 5.73 Å². The van der Waals surface area contributed by atoms with Crippen molar-refractivity contribution in [2.75, 3.05) is 13.6 Å². The molecule has 0 heterocycles. The molecule has 3 rings (SSSR count). The van der Waals surface area contributed by atoms with E-state index in [1.807, 2.05) is 0 Å². The van der Waals surface area contributed by atoms with Crippen LogP contribution in [0.4, 0.5) is 0 Å². The molecule has 0 spiro atoms. The van der Waals surface area contributed by atoms with Gasteiger partial charge in [0.2, 0.25) is 0 Å². The summed E-state index contributed by atoms with van der Waals surface area (Å²) >= 11 is 0. The Balaban J connectivity index is 1.69. The normalized spacial score (nSPS) is 18.2. The Labute approximate surface area is 127 Å². The van der Waals surface area contributed by atoms with Crippen LogP contribution in [0.2, 0.25) is 0 Å². The van der Waals surface area contributed by atoms with Gasteiger partial charge in [-0.1, -0.05) is 55.7 Å². The quantitative estimate of drug-likeness (QED) is 0.914. The van der Waals surface area contributed by atoms with Gasteiger partial charge in [-0.05, 0) is 42.3 Å². The second kappa shape index (κ2) is 6.59. The van der Waals surface area contributed by atoms with Crippen molar-refractivity contribution in [2.45, 2.75) is 44.2 Å². The average Bonchev–Trinajstić information content (AvgIpc) is 2.55. The molecule has 1 aliphatic carbocycles. The number of hydrogen-bond donors (Lipinski definition) is 1. The Kier molecular flexibility index (Phi) is 4.57. The van der Waals surface area contributed by atoms with Crippen LogP contribution in [0, 0.1) is 0 Å². The highest BCUT2D eigenvalue weighted by molar-refractivity contribution is 5.83. The van der Waals surface area contributed by atoms with E-state index < -0.39 is 0 Å². The summed E-state index contributed by atoms with van der Waals surface area (Å²) in [6.07, 6.45) is 6.82. The third-order valence-electron chi connectivity index (χ3n) is 4.88. The second-order valence-electron chi connectivity index (χ2n) is 6.44.